The maximum Gasteiger partial charge on any atom is 0.280 e. The molecule has 0 amide bonds. The molecule has 178 valence electrons. The van der Waals surface area contributed by atoms with Gasteiger partial charge in [0.05, 0.1) is 22.6 Å². The van der Waals surface area contributed by atoms with E-state index < -0.39 is 0 Å². The molecule has 0 unspecified atom stereocenters. The van der Waals surface area contributed by atoms with Crippen LogP contribution in [0.5, 0.6) is 0 Å². The second kappa shape index (κ2) is 7.82. The molecular formula is C28H35N5O. The van der Waals surface area contributed by atoms with Crippen molar-refractivity contribution in [3.8, 4) is 5.69 Å². The molecule has 34 heavy (non-hydrogen) atoms. The molecule has 0 aliphatic heterocycles. The largest absolute Gasteiger partial charge is 0.295 e. The molecule has 0 spiro atoms. The third-order valence-electron chi connectivity index (χ3n) is 8.86. The minimum absolute atomic E-state index is 0.0676. The molecule has 0 atom stereocenters. The minimum atomic E-state index is -0.0676. The van der Waals surface area contributed by atoms with Crippen LogP contribution in [0.1, 0.15) is 73.7 Å². The van der Waals surface area contributed by atoms with Gasteiger partial charge in [-0.1, -0.05) is 12.1 Å². The molecule has 4 saturated carbocycles. The van der Waals surface area contributed by atoms with E-state index in [-0.39, 0.29) is 5.56 Å². The number of aliphatic imine (C=N–C) groups is 1. The predicted molar refractivity (Wildman–Crippen MR) is 136 cm³/mol. The molecule has 4 aliphatic carbocycles. The Morgan fingerprint density at radius 1 is 1.06 bits per heavy atom. The van der Waals surface area contributed by atoms with Crippen LogP contribution >= 0.6 is 0 Å². The summed E-state index contributed by atoms with van der Waals surface area (Å²) in [6.45, 7) is 8.77. The van der Waals surface area contributed by atoms with Gasteiger partial charge >= 0.3 is 0 Å². The first-order valence-electron chi connectivity index (χ1n) is 12.9. The average molecular weight is 458 g/mol. The second-order valence-corrected chi connectivity index (χ2v) is 11.1. The molecule has 0 saturated heterocycles. The van der Waals surface area contributed by atoms with E-state index in [1.165, 1.54) is 44.1 Å². The Balaban J connectivity index is 1.29. The molecule has 6 heteroatoms. The monoisotopic (exact) mass is 457 g/mol. The Morgan fingerprint density at radius 3 is 2.24 bits per heavy atom. The van der Waals surface area contributed by atoms with Crippen LogP contribution in [-0.4, -0.2) is 25.8 Å². The summed E-state index contributed by atoms with van der Waals surface area (Å²) in [4.78, 5) is 17.9. The van der Waals surface area contributed by atoms with Crippen molar-refractivity contribution in [1.29, 1.82) is 0 Å². The number of aryl methyl sites for hydroxylation is 3. The van der Waals surface area contributed by atoms with Crippen LogP contribution in [0.3, 0.4) is 0 Å². The van der Waals surface area contributed by atoms with Crippen LogP contribution in [0.25, 0.3) is 5.69 Å². The van der Waals surface area contributed by atoms with Crippen molar-refractivity contribution < 1.29 is 0 Å². The zero-order valence-corrected chi connectivity index (χ0v) is 20.8. The minimum Gasteiger partial charge on any atom is -0.295 e. The number of hydrogen-bond donors (Lipinski definition) is 1. The summed E-state index contributed by atoms with van der Waals surface area (Å²) in [5, 5.41) is 7.78. The number of aromatic nitrogens is 4. The molecule has 4 fully saturated rings. The molecule has 7 rings (SSSR count). The molecule has 0 radical (unpaired) electrons. The van der Waals surface area contributed by atoms with Gasteiger partial charge in [-0.15, -0.1) is 0 Å². The topological polar surface area (TPSA) is 68.0 Å². The smallest absolute Gasteiger partial charge is 0.280 e. The number of nitrogens with one attached hydrogen (secondary N) is 1. The molecule has 3 aromatic rings. The first kappa shape index (κ1) is 21.6. The molecular weight excluding hydrogens is 422 g/mol. The number of benzene rings is 1. The van der Waals surface area contributed by atoms with E-state index in [4.69, 9.17) is 0 Å². The van der Waals surface area contributed by atoms with Crippen molar-refractivity contribution in [3.05, 3.63) is 62.8 Å². The molecule has 2 aromatic heterocycles. The number of nitrogens with zero attached hydrogens (tertiary/aromatic N) is 4. The van der Waals surface area contributed by atoms with Gasteiger partial charge in [0.2, 0.25) is 0 Å². The molecule has 1 aromatic carbocycles. The third kappa shape index (κ3) is 3.33. The SMILES string of the molecule is CCn1nc(C)c(N=Cc2c(C)[nH]n(-c3ccc(C45CC6CC(CC(C6)C4)C5)cc3)c2=O)c1C. The predicted octanol–water partition coefficient (Wildman–Crippen LogP) is 5.53. The van der Waals surface area contributed by atoms with Crippen LogP contribution in [0.15, 0.2) is 34.1 Å². The first-order chi connectivity index (χ1) is 16.4. The van der Waals surface area contributed by atoms with E-state index >= 15 is 0 Å². The van der Waals surface area contributed by atoms with Gasteiger partial charge in [0.1, 0.15) is 5.69 Å². The number of H-pyrrole nitrogens is 1. The summed E-state index contributed by atoms with van der Waals surface area (Å²) in [6.07, 6.45) is 10.1. The van der Waals surface area contributed by atoms with Crippen molar-refractivity contribution in [2.24, 2.45) is 22.7 Å². The molecule has 4 bridgehead atoms. The van der Waals surface area contributed by atoms with Gasteiger partial charge in [-0.25, -0.2) is 4.68 Å². The number of rotatable bonds is 5. The van der Waals surface area contributed by atoms with Crippen molar-refractivity contribution >= 4 is 11.9 Å². The van der Waals surface area contributed by atoms with Gasteiger partial charge in [0.25, 0.3) is 5.56 Å². The van der Waals surface area contributed by atoms with Crippen LogP contribution < -0.4 is 5.56 Å². The number of hydrogen-bond acceptors (Lipinski definition) is 3. The summed E-state index contributed by atoms with van der Waals surface area (Å²) in [7, 11) is 0. The van der Waals surface area contributed by atoms with E-state index in [2.05, 4.69) is 46.4 Å². The van der Waals surface area contributed by atoms with Crippen molar-refractivity contribution in [2.75, 3.05) is 0 Å². The van der Waals surface area contributed by atoms with Crippen LogP contribution in [-0.2, 0) is 12.0 Å². The van der Waals surface area contributed by atoms with Crippen LogP contribution in [0.4, 0.5) is 5.69 Å². The van der Waals surface area contributed by atoms with E-state index in [1.807, 2.05) is 25.5 Å². The van der Waals surface area contributed by atoms with Gasteiger partial charge in [0.15, 0.2) is 0 Å². The van der Waals surface area contributed by atoms with Crippen LogP contribution in [0.2, 0.25) is 0 Å². The van der Waals surface area contributed by atoms with Gasteiger partial charge in [-0.2, -0.15) is 5.10 Å². The fourth-order valence-electron chi connectivity index (χ4n) is 7.63. The highest BCUT2D eigenvalue weighted by molar-refractivity contribution is 5.83. The molecule has 4 aliphatic rings. The molecule has 6 nitrogen and oxygen atoms in total. The highest BCUT2D eigenvalue weighted by Gasteiger charge is 2.51. The summed E-state index contributed by atoms with van der Waals surface area (Å²) < 4.78 is 3.59. The van der Waals surface area contributed by atoms with Crippen LogP contribution in [0, 0.1) is 38.5 Å². The maximum absolute atomic E-state index is 13.3. The van der Waals surface area contributed by atoms with Gasteiger partial charge < -0.3 is 0 Å². The first-order valence-corrected chi connectivity index (χ1v) is 12.9. The molecule has 2 heterocycles. The Bertz CT molecular complexity index is 1280. The zero-order chi connectivity index (χ0) is 23.6. The summed E-state index contributed by atoms with van der Waals surface area (Å²) in [5.41, 5.74) is 6.81. The van der Waals surface area contributed by atoms with E-state index in [0.717, 1.165) is 52.8 Å². The van der Waals surface area contributed by atoms with Gasteiger partial charge in [-0.05, 0) is 107 Å². The summed E-state index contributed by atoms with van der Waals surface area (Å²) in [6, 6.07) is 8.80. The lowest BCUT2D eigenvalue weighted by Gasteiger charge is -2.57. The summed E-state index contributed by atoms with van der Waals surface area (Å²) >= 11 is 0. The Hall–Kier alpha value is -2.89. The van der Waals surface area contributed by atoms with Crippen molar-refractivity contribution in [2.45, 2.75) is 78.2 Å². The highest BCUT2D eigenvalue weighted by Crippen LogP contribution is 2.60. The van der Waals surface area contributed by atoms with Gasteiger partial charge in [-0.3, -0.25) is 19.6 Å². The maximum atomic E-state index is 13.3. The normalized spacial score (nSPS) is 27.8. The van der Waals surface area contributed by atoms with E-state index in [0.29, 0.717) is 11.0 Å². The lowest BCUT2D eigenvalue weighted by atomic mass is 9.48. The van der Waals surface area contributed by atoms with Crippen molar-refractivity contribution in [3.63, 3.8) is 0 Å². The zero-order valence-electron chi connectivity index (χ0n) is 20.8. The fourth-order valence-corrected chi connectivity index (χ4v) is 7.63. The lowest BCUT2D eigenvalue weighted by molar-refractivity contribution is -0.00518. The Labute approximate surface area is 201 Å². The second-order valence-electron chi connectivity index (χ2n) is 11.1. The lowest BCUT2D eigenvalue weighted by Crippen LogP contribution is -2.48. The fraction of sp³-hybridized carbons (Fsp3) is 0.536. The summed E-state index contributed by atoms with van der Waals surface area (Å²) in [5.74, 6) is 2.79. The van der Waals surface area contributed by atoms with Crippen molar-refractivity contribution in [1.82, 2.24) is 19.6 Å². The Kier molecular flexibility index (Phi) is 4.98. The number of aromatic amines is 1. The quantitative estimate of drug-likeness (QED) is 0.512. The highest BCUT2D eigenvalue weighted by atomic mass is 16.1. The van der Waals surface area contributed by atoms with Gasteiger partial charge in [0, 0.05) is 18.5 Å². The average Bonchev–Trinajstić information content (AvgIpc) is 3.25. The van der Waals surface area contributed by atoms with E-state index in [9.17, 15) is 4.79 Å². The third-order valence-corrected chi connectivity index (χ3v) is 8.86. The van der Waals surface area contributed by atoms with E-state index in [1.54, 1.807) is 10.9 Å². The molecule has 1 N–H and O–H groups in total. The Morgan fingerprint density at radius 2 is 1.68 bits per heavy atom. The standard InChI is InChI=1S/C28H35N5O/c1-5-32-19(4)26(18(3)30-32)29-16-25-17(2)31-33(27(25)34)24-8-6-23(7-9-24)28-13-20-10-21(14-28)12-22(11-20)15-28/h6-9,16,20-22,31H,5,10-15H2,1-4H3.